The van der Waals surface area contributed by atoms with Gasteiger partial charge in [0, 0.05) is 31.7 Å². The number of nitrogens with zero attached hydrogens (tertiary/aromatic N) is 2. The first-order valence-corrected chi connectivity index (χ1v) is 11.8. The number of benzene rings is 2. The van der Waals surface area contributed by atoms with Gasteiger partial charge in [-0.05, 0) is 50.1 Å². The van der Waals surface area contributed by atoms with Crippen molar-refractivity contribution in [1.82, 2.24) is 9.80 Å². The van der Waals surface area contributed by atoms with Crippen molar-refractivity contribution < 1.29 is 24.2 Å². The maximum atomic E-state index is 13.2. The fourth-order valence-electron chi connectivity index (χ4n) is 4.50. The molecule has 2 aromatic carbocycles. The van der Waals surface area contributed by atoms with Crippen molar-refractivity contribution in [3.63, 3.8) is 0 Å². The van der Waals surface area contributed by atoms with Gasteiger partial charge in [-0.2, -0.15) is 0 Å². The summed E-state index contributed by atoms with van der Waals surface area (Å²) in [6, 6.07) is 14.1. The second-order valence-electron chi connectivity index (χ2n) is 9.00. The zero-order chi connectivity index (χ0) is 24.2. The van der Waals surface area contributed by atoms with Gasteiger partial charge in [0.15, 0.2) is 0 Å². The van der Waals surface area contributed by atoms with Crippen molar-refractivity contribution in [2.24, 2.45) is 0 Å². The minimum absolute atomic E-state index is 0.0213. The van der Waals surface area contributed by atoms with E-state index in [0.717, 1.165) is 30.0 Å². The number of aliphatic hydroxyl groups excluding tert-OH is 1. The Morgan fingerprint density at radius 2 is 1.79 bits per heavy atom. The van der Waals surface area contributed by atoms with Crippen LogP contribution in [0.4, 0.5) is 0 Å². The van der Waals surface area contributed by atoms with Crippen LogP contribution in [0, 0.1) is 6.92 Å². The summed E-state index contributed by atoms with van der Waals surface area (Å²) in [5.41, 5.74) is 2.24. The van der Waals surface area contributed by atoms with E-state index >= 15 is 0 Å². The Labute approximate surface area is 200 Å². The molecule has 180 valence electrons. The fraction of sp³-hybridized carbons (Fsp3) is 0.407. The highest BCUT2D eigenvalue weighted by molar-refractivity contribution is 6.46. The first-order valence-electron chi connectivity index (χ1n) is 11.8. The quantitative estimate of drug-likeness (QED) is 0.384. The normalized spacial score (nSPS) is 20.8. The van der Waals surface area contributed by atoms with Gasteiger partial charge in [-0.25, -0.2) is 0 Å². The third-order valence-corrected chi connectivity index (χ3v) is 6.23. The fourth-order valence-corrected chi connectivity index (χ4v) is 4.50. The van der Waals surface area contributed by atoms with Gasteiger partial charge in [0.2, 0.25) is 0 Å². The summed E-state index contributed by atoms with van der Waals surface area (Å²) in [6.07, 6.45) is 0.0213. The number of carbonyl (C=O) groups is 2. The number of likely N-dealkylation sites (tertiary alicyclic amines) is 1. The van der Waals surface area contributed by atoms with Gasteiger partial charge in [-0.1, -0.05) is 30.3 Å². The van der Waals surface area contributed by atoms with Crippen molar-refractivity contribution in [1.29, 1.82) is 0 Å². The lowest BCUT2D eigenvalue weighted by Crippen LogP contribution is -2.42. The van der Waals surface area contributed by atoms with Gasteiger partial charge >= 0.3 is 0 Å². The molecule has 2 aliphatic rings. The summed E-state index contributed by atoms with van der Waals surface area (Å²) < 4.78 is 11.2. The Bertz CT molecular complexity index is 1070. The molecule has 1 amide bonds. The van der Waals surface area contributed by atoms with E-state index in [9.17, 15) is 14.7 Å². The summed E-state index contributed by atoms with van der Waals surface area (Å²) in [5, 5.41) is 11.3. The van der Waals surface area contributed by atoms with Crippen molar-refractivity contribution in [2.75, 3.05) is 39.4 Å². The number of hydrogen-bond donors (Lipinski definition) is 1. The molecule has 1 atom stereocenters. The number of morpholine rings is 1. The Balaban J connectivity index is 1.70. The van der Waals surface area contributed by atoms with Crippen LogP contribution in [-0.4, -0.2) is 72.1 Å². The number of hydrogen-bond acceptors (Lipinski definition) is 6. The van der Waals surface area contributed by atoms with Crippen LogP contribution in [0.15, 0.2) is 54.1 Å². The number of ketones is 1. The standard InChI is InChI=1S/C27H32N2O5/c1-18(2)34-22-10-9-21(17-19(22)3)25(30)23-24(20-7-5-4-6-8-20)29(27(32)26(23)31)12-11-28-13-15-33-16-14-28/h4-10,17-18,24,30H,11-16H2,1-3H3/t24-/m0/s1. The highest BCUT2D eigenvalue weighted by Gasteiger charge is 2.46. The molecule has 1 N–H and O–H groups in total. The van der Waals surface area contributed by atoms with Gasteiger partial charge in [0.1, 0.15) is 11.5 Å². The zero-order valence-corrected chi connectivity index (χ0v) is 20.0. The Kier molecular flexibility index (Phi) is 7.34. The number of aliphatic hydroxyl groups is 1. The van der Waals surface area contributed by atoms with Crippen LogP contribution in [0.2, 0.25) is 0 Å². The van der Waals surface area contributed by atoms with Crippen molar-refractivity contribution in [2.45, 2.75) is 32.9 Å². The molecule has 2 saturated heterocycles. The third-order valence-electron chi connectivity index (χ3n) is 6.23. The predicted octanol–water partition coefficient (Wildman–Crippen LogP) is 3.54. The summed E-state index contributed by atoms with van der Waals surface area (Å²) in [7, 11) is 0. The van der Waals surface area contributed by atoms with Crippen LogP contribution in [0.25, 0.3) is 5.76 Å². The van der Waals surface area contributed by atoms with Crippen molar-refractivity contribution >= 4 is 17.4 Å². The first-order chi connectivity index (χ1) is 16.4. The lowest BCUT2D eigenvalue weighted by atomic mass is 9.95. The summed E-state index contributed by atoms with van der Waals surface area (Å²) >= 11 is 0. The first kappa shape index (κ1) is 24.0. The maximum absolute atomic E-state index is 13.2. The Hall–Kier alpha value is -3.16. The molecular weight excluding hydrogens is 432 g/mol. The SMILES string of the molecule is Cc1cc(C(O)=C2C(=O)C(=O)N(CCN3CCOCC3)[C@H]2c2ccccc2)ccc1OC(C)C. The van der Waals surface area contributed by atoms with E-state index in [1.165, 1.54) is 0 Å². The topological polar surface area (TPSA) is 79.3 Å². The lowest BCUT2D eigenvalue weighted by Gasteiger charge is -2.31. The molecule has 2 fully saturated rings. The monoisotopic (exact) mass is 464 g/mol. The zero-order valence-electron chi connectivity index (χ0n) is 20.0. The van der Waals surface area contributed by atoms with Gasteiger partial charge in [-0.3, -0.25) is 14.5 Å². The molecule has 0 aliphatic carbocycles. The molecule has 0 radical (unpaired) electrons. The lowest BCUT2D eigenvalue weighted by molar-refractivity contribution is -0.140. The number of rotatable bonds is 7. The van der Waals surface area contributed by atoms with E-state index in [4.69, 9.17) is 9.47 Å². The van der Waals surface area contributed by atoms with Crippen molar-refractivity contribution in [3.8, 4) is 5.75 Å². The molecule has 0 saturated carbocycles. The molecule has 0 spiro atoms. The van der Waals surface area contributed by atoms with Crippen molar-refractivity contribution in [3.05, 3.63) is 70.8 Å². The molecule has 2 aromatic rings. The van der Waals surface area contributed by atoms with Crippen LogP contribution < -0.4 is 4.74 Å². The minimum atomic E-state index is -0.659. The van der Waals surface area contributed by atoms with E-state index in [-0.39, 0.29) is 17.4 Å². The third kappa shape index (κ3) is 5.00. The second-order valence-corrected chi connectivity index (χ2v) is 9.00. The van der Waals surface area contributed by atoms with E-state index in [0.29, 0.717) is 31.9 Å². The smallest absolute Gasteiger partial charge is 0.295 e. The van der Waals surface area contributed by atoms with Crippen LogP contribution in [0.5, 0.6) is 5.75 Å². The molecular formula is C27H32N2O5. The average molecular weight is 465 g/mol. The molecule has 2 heterocycles. The molecule has 2 aliphatic heterocycles. The van der Waals surface area contributed by atoms with Gasteiger partial charge < -0.3 is 19.5 Å². The number of amides is 1. The molecule has 7 heteroatoms. The summed E-state index contributed by atoms with van der Waals surface area (Å²) in [5.74, 6) is -0.689. The maximum Gasteiger partial charge on any atom is 0.295 e. The van der Waals surface area contributed by atoms with E-state index in [1.807, 2.05) is 51.1 Å². The number of aryl methyl sites for hydroxylation is 1. The molecule has 0 unspecified atom stereocenters. The van der Waals surface area contributed by atoms with Crippen LogP contribution in [-0.2, 0) is 14.3 Å². The molecule has 4 rings (SSSR count). The minimum Gasteiger partial charge on any atom is -0.507 e. The molecule has 0 aromatic heterocycles. The van der Waals surface area contributed by atoms with E-state index < -0.39 is 17.7 Å². The summed E-state index contributed by atoms with van der Waals surface area (Å²) in [4.78, 5) is 30.1. The van der Waals surface area contributed by atoms with Gasteiger partial charge in [0.25, 0.3) is 11.7 Å². The Morgan fingerprint density at radius 3 is 2.44 bits per heavy atom. The second kappa shape index (κ2) is 10.4. The van der Waals surface area contributed by atoms with Crippen LogP contribution in [0.3, 0.4) is 0 Å². The number of ether oxygens (including phenoxy) is 2. The molecule has 34 heavy (non-hydrogen) atoms. The largest absolute Gasteiger partial charge is 0.507 e. The number of carbonyl (C=O) groups excluding carboxylic acids is 2. The van der Waals surface area contributed by atoms with Crippen LogP contribution in [0.1, 0.15) is 36.6 Å². The predicted molar refractivity (Wildman–Crippen MR) is 130 cm³/mol. The molecule has 7 nitrogen and oxygen atoms in total. The Morgan fingerprint density at radius 1 is 1.09 bits per heavy atom. The van der Waals surface area contributed by atoms with Gasteiger partial charge in [-0.15, -0.1) is 0 Å². The average Bonchev–Trinajstić information content (AvgIpc) is 3.09. The molecule has 0 bridgehead atoms. The van der Waals surface area contributed by atoms with Crippen LogP contribution >= 0.6 is 0 Å². The number of Topliss-reactive ketones (excluding diaryl/α,β-unsaturated/α-hetero) is 1. The van der Waals surface area contributed by atoms with Gasteiger partial charge in [0.05, 0.1) is 30.9 Å². The van der Waals surface area contributed by atoms with E-state index in [1.54, 1.807) is 23.1 Å². The summed E-state index contributed by atoms with van der Waals surface area (Å²) in [6.45, 7) is 9.74. The van der Waals surface area contributed by atoms with E-state index in [2.05, 4.69) is 4.90 Å². The highest BCUT2D eigenvalue weighted by Crippen LogP contribution is 2.39. The highest BCUT2D eigenvalue weighted by atomic mass is 16.5.